The number of benzene rings is 1. The van der Waals surface area contributed by atoms with Gasteiger partial charge in [0.25, 0.3) is 0 Å². The molecule has 0 aromatic heterocycles. The van der Waals surface area contributed by atoms with E-state index in [1.807, 2.05) is 45.0 Å². The molecule has 0 aliphatic carbocycles. The minimum Gasteiger partial charge on any atom is -0.488 e. The molecule has 0 spiro atoms. The van der Waals surface area contributed by atoms with Gasteiger partial charge < -0.3 is 9.64 Å². The lowest BCUT2D eigenvalue weighted by atomic mass is 10.2. The molecule has 1 aromatic carbocycles. The summed E-state index contributed by atoms with van der Waals surface area (Å²) >= 11 is 4.35. The number of carbonyl (C=O) groups is 1. The zero-order valence-electron chi connectivity index (χ0n) is 11.0. The Balaban J connectivity index is 2.11. The molecular weight excluding hydrogens is 246 g/mol. The quantitative estimate of drug-likeness (QED) is 0.833. The van der Waals surface area contributed by atoms with E-state index in [-0.39, 0.29) is 16.8 Å². The van der Waals surface area contributed by atoms with Gasteiger partial charge >= 0.3 is 0 Å². The number of carbonyl (C=O) groups excluding carboxylic acids is 1. The molecule has 1 heterocycles. The van der Waals surface area contributed by atoms with E-state index >= 15 is 0 Å². The van der Waals surface area contributed by atoms with Crippen molar-refractivity contribution in [2.75, 3.05) is 11.4 Å². The highest BCUT2D eigenvalue weighted by molar-refractivity contribution is 7.81. The van der Waals surface area contributed by atoms with Crippen LogP contribution in [0.1, 0.15) is 27.2 Å². The molecule has 98 valence electrons. The first-order valence-corrected chi connectivity index (χ1v) is 6.64. The van der Waals surface area contributed by atoms with Crippen molar-refractivity contribution < 1.29 is 9.53 Å². The summed E-state index contributed by atoms with van der Waals surface area (Å²) < 4.78 is 5.75. The fourth-order valence-electron chi connectivity index (χ4n) is 1.99. The molecule has 0 bridgehead atoms. The van der Waals surface area contributed by atoms with Crippen molar-refractivity contribution in [3.05, 3.63) is 24.3 Å². The second kappa shape index (κ2) is 4.84. The summed E-state index contributed by atoms with van der Waals surface area (Å²) in [5.41, 5.74) is 0.707. The van der Waals surface area contributed by atoms with Crippen molar-refractivity contribution in [2.24, 2.45) is 0 Å². The Labute approximate surface area is 114 Å². The van der Waals surface area contributed by atoms with Crippen molar-refractivity contribution in [3.63, 3.8) is 0 Å². The maximum Gasteiger partial charge on any atom is 0.228 e. The van der Waals surface area contributed by atoms with E-state index in [4.69, 9.17) is 4.74 Å². The van der Waals surface area contributed by atoms with Crippen LogP contribution < -0.4 is 9.64 Å². The average molecular weight is 265 g/mol. The number of hydrogen-bond donors (Lipinski definition) is 1. The maximum atomic E-state index is 11.7. The third-order valence-corrected chi connectivity index (χ3v) is 3.02. The monoisotopic (exact) mass is 265 g/mol. The van der Waals surface area contributed by atoms with Gasteiger partial charge in [0, 0.05) is 23.9 Å². The number of anilines is 1. The molecule has 1 saturated heterocycles. The fourth-order valence-corrected chi connectivity index (χ4v) is 2.31. The topological polar surface area (TPSA) is 29.5 Å². The first-order chi connectivity index (χ1) is 8.35. The molecule has 0 saturated carbocycles. The Hall–Kier alpha value is -1.16. The average Bonchev–Trinajstić information content (AvgIpc) is 2.57. The maximum absolute atomic E-state index is 11.7. The number of thiol groups is 1. The van der Waals surface area contributed by atoms with Gasteiger partial charge in [-0.3, -0.25) is 4.79 Å². The first-order valence-electron chi connectivity index (χ1n) is 6.13. The van der Waals surface area contributed by atoms with E-state index in [9.17, 15) is 4.79 Å². The van der Waals surface area contributed by atoms with Gasteiger partial charge in [-0.15, -0.1) is 0 Å². The van der Waals surface area contributed by atoms with Crippen molar-refractivity contribution in [3.8, 4) is 5.75 Å². The summed E-state index contributed by atoms with van der Waals surface area (Å²) in [6.07, 6.45) is 0.517. The molecule has 2 rings (SSSR count). The third-order valence-electron chi connectivity index (χ3n) is 2.68. The van der Waals surface area contributed by atoms with Crippen molar-refractivity contribution in [1.29, 1.82) is 0 Å². The Morgan fingerprint density at radius 3 is 2.33 bits per heavy atom. The minimum absolute atomic E-state index is 0.138. The normalized spacial score (nSPS) is 20.3. The summed E-state index contributed by atoms with van der Waals surface area (Å²) in [5, 5.41) is 0.142. The van der Waals surface area contributed by atoms with Gasteiger partial charge in [-0.2, -0.15) is 12.6 Å². The molecule has 1 fully saturated rings. The minimum atomic E-state index is -0.207. The largest absolute Gasteiger partial charge is 0.488 e. The molecule has 1 atom stereocenters. The van der Waals surface area contributed by atoms with Crippen LogP contribution in [-0.2, 0) is 4.79 Å². The molecule has 1 aromatic rings. The molecule has 1 amide bonds. The zero-order valence-corrected chi connectivity index (χ0v) is 11.9. The van der Waals surface area contributed by atoms with Crippen LogP contribution in [0.5, 0.6) is 5.75 Å². The van der Waals surface area contributed by atoms with E-state index in [2.05, 4.69) is 12.6 Å². The van der Waals surface area contributed by atoms with E-state index < -0.39 is 0 Å². The second-order valence-electron chi connectivity index (χ2n) is 5.57. The summed E-state index contributed by atoms with van der Waals surface area (Å²) in [5.74, 6) is 0.958. The summed E-state index contributed by atoms with van der Waals surface area (Å²) in [6, 6.07) is 7.65. The Morgan fingerprint density at radius 1 is 1.28 bits per heavy atom. The van der Waals surface area contributed by atoms with Crippen LogP contribution >= 0.6 is 12.6 Å². The van der Waals surface area contributed by atoms with Crippen molar-refractivity contribution in [1.82, 2.24) is 0 Å². The highest BCUT2D eigenvalue weighted by Crippen LogP contribution is 2.27. The van der Waals surface area contributed by atoms with Gasteiger partial charge in [0.2, 0.25) is 5.91 Å². The molecule has 1 aliphatic heterocycles. The highest BCUT2D eigenvalue weighted by Gasteiger charge is 2.28. The molecule has 1 aliphatic rings. The third kappa shape index (κ3) is 3.19. The predicted molar refractivity (Wildman–Crippen MR) is 76.6 cm³/mol. The highest BCUT2D eigenvalue weighted by atomic mass is 32.1. The van der Waals surface area contributed by atoms with Crippen molar-refractivity contribution in [2.45, 2.75) is 38.0 Å². The van der Waals surface area contributed by atoms with Gasteiger partial charge in [-0.25, -0.2) is 0 Å². The van der Waals surface area contributed by atoms with Gasteiger partial charge in [-0.1, -0.05) is 0 Å². The predicted octanol–water partition coefficient (Wildman–Crippen LogP) is 2.90. The van der Waals surface area contributed by atoms with Crippen LogP contribution in [0.3, 0.4) is 0 Å². The summed E-state index contributed by atoms with van der Waals surface area (Å²) in [4.78, 5) is 13.5. The number of hydrogen-bond acceptors (Lipinski definition) is 3. The van der Waals surface area contributed by atoms with E-state index in [1.165, 1.54) is 0 Å². The molecule has 1 unspecified atom stereocenters. The van der Waals surface area contributed by atoms with E-state index in [0.29, 0.717) is 13.0 Å². The molecule has 0 N–H and O–H groups in total. The van der Waals surface area contributed by atoms with E-state index in [1.54, 1.807) is 4.90 Å². The lowest BCUT2D eigenvalue weighted by Gasteiger charge is -2.22. The first kappa shape index (κ1) is 13.3. The molecular formula is C14H19NO2S. The van der Waals surface area contributed by atoms with Crippen LogP contribution in [0.2, 0.25) is 0 Å². The smallest absolute Gasteiger partial charge is 0.228 e. The molecule has 4 heteroatoms. The zero-order chi connectivity index (χ0) is 13.3. The molecule has 3 nitrogen and oxygen atoms in total. The SMILES string of the molecule is CC(C)(C)Oc1ccc(N2CC(S)CC2=O)cc1. The Bertz CT molecular complexity index is 436. The Morgan fingerprint density at radius 2 is 1.89 bits per heavy atom. The van der Waals surface area contributed by atoms with Crippen LogP contribution in [0.4, 0.5) is 5.69 Å². The van der Waals surface area contributed by atoms with Gasteiger partial charge in [0.15, 0.2) is 0 Å². The van der Waals surface area contributed by atoms with Gasteiger partial charge in [0.05, 0.1) is 0 Å². The molecule has 0 radical (unpaired) electrons. The van der Waals surface area contributed by atoms with Crippen molar-refractivity contribution >= 4 is 24.2 Å². The van der Waals surface area contributed by atoms with E-state index in [0.717, 1.165) is 11.4 Å². The van der Waals surface area contributed by atoms with Crippen LogP contribution in [0, 0.1) is 0 Å². The lowest BCUT2D eigenvalue weighted by molar-refractivity contribution is -0.117. The van der Waals surface area contributed by atoms with Crippen LogP contribution in [-0.4, -0.2) is 23.3 Å². The number of rotatable bonds is 2. The van der Waals surface area contributed by atoms with Crippen LogP contribution in [0.15, 0.2) is 24.3 Å². The number of ether oxygens (including phenoxy) is 1. The lowest BCUT2D eigenvalue weighted by Crippen LogP contribution is -2.25. The molecule has 18 heavy (non-hydrogen) atoms. The number of amides is 1. The summed E-state index contributed by atoms with van der Waals surface area (Å²) in [7, 11) is 0. The van der Waals surface area contributed by atoms with Gasteiger partial charge in [0.1, 0.15) is 11.4 Å². The van der Waals surface area contributed by atoms with Gasteiger partial charge in [-0.05, 0) is 45.0 Å². The standard InChI is InChI=1S/C14H19NO2S/c1-14(2,3)17-11-6-4-10(5-7-11)15-9-12(18)8-13(15)16/h4-7,12,18H,8-9H2,1-3H3. The fraction of sp³-hybridized carbons (Fsp3) is 0.500. The summed E-state index contributed by atoms with van der Waals surface area (Å²) in [6.45, 7) is 6.71. The number of nitrogens with zero attached hydrogens (tertiary/aromatic N) is 1. The van der Waals surface area contributed by atoms with Crippen LogP contribution in [0.25, 0.3) is 0 Å². The Kier molecular flexibility index (Phi) is 3.57. The second-order valence-corrected chi connectivity index (χ2v) is 6.30.